The number of anilines is 1. The fraction of sp³-hybridized carbons (Fsp3) is 0.625. The summed E-state index contributed by atoms with van der Waals surface area (Å²) in [7, 11) is 0. The van der Waals surface area contributed by atoms with Gasteiger partial charge in [-0.15, -0.1) is 12.6 Å². The van der Waals surface area contributed by atoms with Crippen LogP contribution in [0, 0.1) is 6.92 Å². The van der Waals surface area contributed by atoms with E-state index >= 15 is 0 Å². The van der Waals surface area contributed by atoms with Crippen molar-refractivity contribution in [3.8, 4) is 0 Å². The smallest absolute Gasteiger partial charge is 0.205 e. The molecule has 0 bridgehead atoms. The first-order valence-electron chi connectivity index (χ1n) is 4.70. The molecule has 0 aliphatic carbocycles. The zero-order valence-electron chi connectivity index (χ0n) is 9.38. The Morgan fingerprint density at radius 3 is 2.44 bits per heavy atom. The molecule has 0 aromatic carbocycles. The molecule has 1 saturated heterocycles. The van der Waals surface area contributed by atoms with E-state index in [1.165, 1.54) is 11.5 Å². The average Bonchev–Trinajstić information content (AvgIpc) is 2.65. The zero-order chi connectivity index (χ0) is 10.8. The van der Waals surface area contributed by atoms with E-state index in [9.17, 15) is 0 Å². The van der Waals surface area contributed by atoms with Crippen molar-refractivity contribution in [1.82, 2.24) is 14.3 Å². The fourth-order valence-corrected chi connectivity index (χ4v) is 2.61. The van der Waals surface area contributed by atoms with Gasteiger partial charge in [0.2, 0.25) is 5.13 Å². The van der Waals surface area contributed by atoms with E-state index in [1.54, 1.807) is 0 Å². The molecule has 0 N–H and O–H groups in total. The van der Waals surface area contributed by atoms with Crippen LogP contribution in [0.3, 0.4) is 0 Å². The van der Waals surface area contributed by atoms with E-state index < -0.39 is 0 Å². The Labute approximate surface area is 132 Å². The molecular weight excluding hydrogens is 271 g/mol. The summed E-state index contributed by atoms with van der Waals surface area (Å²) in [5.74, 6) is 0.849. The third-order valence-electron chi connectivity index (χ3n) is 2.34. The number of hydrogen-bond donors (Lipinski definition) is 1. The molecule has 1 aromatic rings. The first-order chi connectivity index (χ1) is 7.16. The van der Waals surface area contributed by atoms with Gasteiger partial charge < -0.3 is 9.80 Å². The number of piperazine rings is 1. The first kappa shape index (κ1) is 14.7. The molecule has 0 amide bonds. The Kier molecular flexibility index (Phi) is 5.97. The van der Waals surface area contributed by atoms with Crippen LogP contribution in [0.25, 0.3) is 0 Å². The van der Waals surface area contributed by atoms with Gasteiger partial charge >= 0.3 is 0 Å². The molecule has 1 fully saturated rings. The standard InChI is InChI=1S/C8H12N4S3.Na/c1-6-9-7(15-10-6)11-2-4-12(5-3-11)8(13)14;/h2-5H2,1H3,(H,13,14);. The topological polar surface area (TPSA) is 32.3 Å². The first-order valence-corrected chi connectivity index (χ1v) is 6.33. The second-order valence-corrected chi connectivity index (χ2v) is 5.22. The molecule has 1 aliphatic heterocycles. The van der Waals surface area contributed by atoms with E-state index in [0.717, 1.165) is 37.1 Å². The molecule has 16 heavy (non-hydrogen) atoms. The second-order valence-electron chi connectivity index (χ2n) is 3.38. The van der Waals surface area contributed by atoms with Crippen molar-refractivity contribution >= 4 is 75.4 Å². The van der Waals surface area contributed by atoms with Gasteiger partial charge in [0.15, 0.2) is 0 Å². The van der Waals surface area contributed by atoms with Crippen LogP contribution >= 0.6 is 36.4 Å². The van der Waals surface area contributed by atoms with Gasteiger partial charge in [-0.25, -0.2) is 4.98 Å². The van der Waals surface area contributed by atoms with Crippen molar-refractivity contribution in [2.45, 2.75) is 6.92 Å². The number of hydrogen-bond acceptors (Lipinski definition) is 5. The number of thiol groups is 1. The van der Waals surface area contributed by atoms with Gasteiger partial charge in [-0.2, -0.15) is 4.37 Å². The maximum absolute atomic E-state index is 5.02. The number of aromatic nitrogens is 2. The third-order valence-corrected chi connectivity index (χ3v) is 3.75. The van der Waals surface area contributed by atoms with Crippen molar-refractivity contribution in [2.24, 2.45) is 0 Å². The predicted octanol–water partition coefficient (Wildman–Crippen LogP) is 0.802. The Hall–Kier alpha value is 0.600. The van der Waals surface area contributed by atoms with Crippen LogP contribution in [0.1, 0.15) is 5.82 Å². The van der Waals surface area contributed by atoms with Gasteiger partial charge in [-0.3, -0.25) is 0 Å². The summed E-state index contributed by atoms with van der Waals surface area (Å²) in [6, 6.07) is 0. The monoisotopic (exact) mass is 283 g/mol. The normalized spacial score (nSPS) is 15.9. The Balaban J connectivity index is 0.00000128. The zero-order valence-corrected chi connectivity index (χ0v) is 13.9. The summed E-state index contributed by atoms with van der Waals surface area (Å²) in [6.45, 7) is 5.63. The molecule has 8 heteroatoms. The minimum atomic E-state index is 0. The molecule has 0 unspecified atom stereocenters. The summed E-state index contributed by atoms with van der Waals surface area (Å²) >= 11 is 10.7. The quantitative estimate of drug-likeness (QED) is 0.468. The van der Waals surface area contributed by atoms with Gasteiger partial charge in [0.25, 0.3) is 0 Å². The Morgan fingerprint density at radius 1 is 1.38 bits per heavy atom. The van der Waals surface area contributed by atoms with Gasteiger partial charge in [-0.1, -0.05) is 12.2 Å². The maximum Gasteiger partial charge on any atom is 0.205 e. The van der Waals surface area contributed by atoms with Crippen LogP contribution in [0.5, 0.6) is 0 Å². The van der Waals surface area contributed by atoms with Crippen LogP contribution in [0.4, 0.5) is 5.13 Å². The van der Waals surface area contributed by atoms with Crippen molar-refractivity contribution in [1.29, 1.82) is 0 Å². The minimum Gasteiger partial charge on any atom is -0.354 e. The van der Waals surface area contributed by atoms with E-state index in [1.807, 2.05) is 6.92 Å². The molecule has 1 radical (unpaired) electrons. The molecule has 0 spiro atoms. The molecule has 0 atom stereocenters. The van der Waals surface area contributed by atoms with Crippen molar-refractivity contribution in [3.05, 3.63) is 5.82 Å². The third kappa shape index (κ3) is 3.54. The van der Waals surface area contributed by atoms with Gasteiger partial charge in [0, 0.05) is 67.3 Å². The van der Waals surface area contributed by atoms with E-state index in [0.29, 0.717) is 4.32 Å². The van der Waals surface area contributed by atoms with Crippen molar-refractivity contribution < 1.29 is 0 Å². The Morgan fingerprint density at radius 2 is 2.00 bits per heavy atom. The number of nitrogens with zero attached hydrogens (tertiary/aromatic N) is 4. The van der Waals surface area contributed by atoms with Gasteiger partial charge in [-0.05, 0) is 6.92 Å². The molecule has 2 rings (SSSR count). The van der Waals surface area contributed by atoms with E-state index in [2.05, 4.69) is 31.8 Å². The molecule has 0 saturated carbocycles. The Bertz CT molecular complexity index is 362. The molecule has 1 aromatic heterocycles. The van der Waals surface area contributed by atoms with Gasteiger partial charge in [0.05, 0.1) is 0 Å². The SMILES string of the molecule is Cc1nsc(N2CCN(C(=S)S)CC2)n1.[Na]. The summed E-state index contributed by atoms with van der Waals surface area (Å²) in [6.07, 6.45) is 0. The average molecular weight is 283 g/mol. The molecular formula is C8H12N4NaS3. The maximum atomic E-state index is 5.02. The fourth-order valence-electron chi connectivity index (χ4n) is 1.50. The summed E-state index contributed by atoms with van der Waals surface area (Å²) in [4.78, 5) is 8.71. The summed E-state index contributed by atoms with van der Waals surface area (Å²) in [5, 5.41) is 1.01. The van der Waals surface area contributed by atoms with E-state index in [4.69, 9.17) is 12.2 Å². The molecule has 83 valence electrons. The number of aryl methyl sites for hydroxylation is 1. The molecule has 4 nitrogen and oxygen atoms in total. The summed E-state index contributed by atoms with van der Waals surface area (Å²) in [5.41, 5.74) is 0. The predicted molar refractivity (Wildman–Crippen MR) is 75.8 cm³/mol. The van der Waals surface area contributed by atoms with Crippen LogP contribution in [0.15, 0.2) is 0 Å². The van der Waals surface area contributed by atoms with Crippen LogP contribution < -0.4 is 4.90 Å². The largest absolute Gasteiger partial charge is 0.354 e. The van der Waals surface area contributed by atoms with Crippen LogP contribution in [-0.4, -0.2) is 74.3 Å². The second kappa shape index (κ2) is 6.51. The number of thiocarbonyl (C=S) groups is 1. The summed E-state index contributed by atoms with van der Waals surface area (Å²) < 4.78 is 4.86. The molecule has 2 heterocycles. The minimum absolute atomic E-state index is 0. The number of rotatable bonds is 1. The van der Waals surface area contributed by atoms with Crippen LogP contribution in [-0.2, 0) is 0 Å². The van der Waals surface area contributed by atoms with E-state index in [-0.39, 0.29) is 29.6 Å². The molecule has 1 aliphatic rings. The van der Waals surface area contributed by atoms with Crippen molar-refractivity contribution in [3.63, 3.8) is 0 Å². The van der Waals surface area contributed by atoms with Gasteiger partial charge in [0.1, 0.15) is 10.1 Å². The van der Waals surface area contributed by atoms with Crippen LogP contribution in [0.2, 0.25) is 0 Å². The van der Waals surface area contributed by atoms with Crippen molar-refractivity contribution in [2.75, 3.05) is 31.1 Å².